The van der Waals surface area contributed by atoms with Gasteiger partial charge in [-0.2, -0.15) is 0 Å². The van der Waals surface area contributed by atoms with Crippen LogP contribution in [0.15, 0.2) is 22.7 Å². The molecule has 0 spiro atoms. The molecular formula is C11H11BrF2. The fourth-order valence-electron chi connectivity index (χ4n) is 1.62. The zero-order chi connectivity index (χ0) is 10.3. The number of hydrogen-bond donors (Lipinski definition) is 0. The Morgan fingerprint density at radius 2 is 2.00 bits per heavy atom. The first kappa shape index (κ1) is 10.1. The van der Waals surface area contributed by atoms with Crippen molar-refractivity contribution in [2.45, 2.75) is 25.7 Å². The molecule has 1 saturated carbocycles. The molecule has 0 atom stereocenters. The second-order valence-electron chi connectivity index (χ2n) is 3.86. The topological polar surface area (TPSA) is 0 Å². The van der Waals surface area contributed by atoms with Crippen molar-refractivity contribution in [2.24, 2.45) is 5.92 Å². The van der Waals surface area contributed by atoms with Crippen molar-refractivity contribution < 1.29 is 8.78 Å². The minimum Gasteiger partial charge on any atom is -0.201 e. The standard InChI is InChI=1S/C11H11BrF2/c1-7-2-5-9(12)6-10(7)11(13,14)8-3-4-8/h2,5-6,8H,3-4H2,1H3. The molecule has 0 unspecified atom stereocenters. The van der Waals surface area contributed by atoms with Crippen LogP contribution in [0.25, 0.3) is 0 Å². The smallest absolute Gasteiger partial charge is 0.201 e. The van der Waals surface area contributed by atoms with Gasteiger partial charge in [0.15, 0.2) is 0 Å². The summed E-state index contributed by atoms with van der Waals surface area (Å²) >= 11 is 3.22. The molecule has 0 bridgehead atoms. The summed E-state index contributed by atoms with van der Waals surface area (Å²) in [6.07, 6.45) is 1.30. The van der Waals surface area contributed by atoms with Crippen LogP contribution in [0.3, 0.4) is 0 Å². The Morgan fingerprint density at radius 3 is 2.57 bits per heavy atom. The first-order chi connectivity index (χ1) is 6.51. The molecule has 0 N–H and O–H groups in total. The molecule has 1 aromatic carbocycles. The third-order valence-electron chi connectivity index (χ3n) is 2.65. The Bertz CT molecular complexity index is 356. The van der Waals surface area contributed by atoms with Gasteiger partial charge in [-0.1, -0.05) is 22.0 Å². The summed E-state index contributed by atoms with van der Waals surface area (Å²) in [5, 5.41) is 0. The van der Waals surface area contributed by atoms with Crippen LogP contribution < -0.4 is 0 Å². The highest BCUT2D eigenvalue weighted by atomic mass is 79.9. The van der Waals surface area contributed by atoms with Gasteiger partial charge in [-0.15, -0.1) is 0 Å². The van der Waals surface area contributed by atoms with Gasteiger partial charge < -0.3 is 0 Å². The van der Waals surface area contributed by atoms with Crippen LogP contribution in [-0.4, -0.2) is 0 Å². The first-order valence-electron chi connectivity index (χ1n) is 4.66. The largest absolute Gasteiger partial charge is 0.276 e. The van der Waals surface area contributed by atoms with Gasteiger partial charge in [0, 0.05) is 16.0 Å². The highest BCUT2D eigenvalue weighted by molar-refractivity contribution is 9.10. The third-order valence-corrected chi connectivity index (χ3v) is 3.14. The van der Waals surface area contributed by atoms with Gasteiger partial charge in [-0.3, -0.25) is 0 Å². The van der Waals surface area contributed by atoms with Gasteiger partial charge in [0.2, 0.25) is 0 Å². The number of rotatable bonds is 2. The van der Waals surface area contributed by atoms with Crippen molar-refractivity contribution in [1.29, 1.82) is 0 Å². The van der Waals surface area contributed by atoms with E-state index in [2.05, 4.69) is 15.9 Å². The zero-order valence-corrected chi connectivity index (χ0v) is 9.44. The van der Waals surface area contributed by atoms with Gasteiger partial charge in [-0.25, -0.2) is 8.78 Å². The van der Waals surface area contributed by atoms with E-state index in [1.807, 2.05) is 0 Å². The van der Waals surface area contributed by atoms with Crippen LogP contribution in [0.4, 0.5) is 8.78 Å². The lowest BCUT2D eigenvalue weighted by molar-refractivity contribution is -0.0291. The van der Waals surface area contributed by atoms with Crippen LogP contribution in [0.2, 0.25) is 0 Å². The predicted octanol–water partition coefficient (Wildman–Crippen LogP) is 4.26. The average Bonchev–Trinajstić information content (AvgIpc) is 2.91. The fraction of sp³-hybridized carbons (Fsp3) is 0.455. The quantitative estimate of drug-likeness (QED) is 0.746. The van der Waals surface area contributed by atoms with Crippen LogP contribution in [0.5, 0.6) is 0 Å². The molecule has 1 aliphatic carbocycles. The second-order valence-corrected chi connectivity index (χ2v) is 4.77. The molecule has 76 valence electrons. The molecule has 1 aliphatic rings. The molecule has 0 amide bonds. The summed E-state index contributed by atoms with van der Waals surface area (Å²) < 4.78 is 28.2. The number of hydrogen-bond acceptors (Lipinski definition) is 0. The summed E-state index contributed by atoms with van der Waals surface area (Å²) in [6.45, 7) is 1.73. The van der Waals surface area contributed by atoms with Crippen molar-refractivity contribution in [3.8, 4) is 0 Å². The maximum Gasteiger partial charge on any atom is 0.276 e. The van der Waals surface area contributed by atoms with E-state index in [9.17, 15) is 8.78 Å². The number of halogens is 3. The molecular weight excluding hydrogens is 250 g/mol. The fourth-order valence-corrected chi connectivity index (χ4v) is 1.98. The monoisotopic (exact) mass is 260 g/mol. The zero-order valence-electron chi connectivity index (χ0n) is 7.86. The van der Waals surface area contributed by atoms with Crippen LogP contribution in [-0.2, 0) is 5.92 Å². The predicted molar refractivity (Wildman–Crippen MR) is 55.5 cm³/mol. The molecule has 0 radical (unpaired) electrons. The van der Waals surface area contributed by atoms with Gasteiger partial charge in [0.1, 0.15) is 0 Å². The summed E-state index contributed by atoms with van der Waals surface area (Å²) in [5.74, 6) is -3.08. The summed E-state index contributed by atoms with van der Waals surface area (Å²) in [5.41, 5.74) is 0.847. The van der Waals surface area contributed by atoms with Crippen LogP contribution >= 0.6 is 15.9 Å². The van der Waals surface area contributed by atoms with E-state index in [1.54, 1.807) is 19.1 Å². The van der Waals surface area contributed by atoms with Gasteiger partial charge in [0.05, 0.1) is 0 Å². The lowest BCUT2D eigenvalue weighted by Gasteiger charge is -2.18. The first-order valence-corrected chi connectivity index (χ1v) is 5.45. The van der Waals surface area contributed by atoms with Crippen molar-refractivity contribution in [3.05, 3.63) is 33.8 Å². The van der Waals surface area contributed by atoms with Crippen LogP contribution in [0, 0.1) is 12.8 Å². The molecule has 0 aliphatic heterocycles. The Kier molecular flexibility index (Phi) is 2.38. The normalized spacial score (nSPS) is 17.1. The van der Waals surface area contributed by atoms with Gasteiger partial charge >= 0.3 is 0 Å². The molecule has 0 saturated heterocycles. The minimum absolute atomic E-state index is 0.175. The van der Waals surface area contributed by atoms with E-state index >= 15 is 0 Å². The lowest BCUT2D eigenvalue weighted by atomic mass is 9.99. The van der Waals surface area contributed by atoms with E-state index in [0.717, 1.165) is 4.47 Å². The molecule has 1 aromatic rings. The molecule has 14 heavy (non-hydrogen) atoms. The second kappa shape index (κ2) is 3.30. The van der Waals surface area contributed by atoms with E-state index in [4.69, 9.17) is 0 Å². The molecule has 0 nitrogen and oxygen atoms in total. The number of alkyl halides is 2. The number of benzene rings is 1. The third kappa shape index (κ3) is 1.70. The minimum atomic E-state index is -2.64. The summed E-state index contributed by atoms with van der Waals surface area (Å²) in [4.78, 5) is 0. The molecule has 2 rings (SSSR count). The Morgan fingerprint density at radius 1 is 1.36 bits per heavy atom. The highest BCUT2D eigenvalue weighted by Gasteiger charge is 2.48. The average molecular weight is 261 g/mol. The maximum absolute atomic E-state index is 13.8. The van der Waals surface area contributed by atoms with Crippen molar-refractivity contribution in [3.63, 3.8) is 0 Å². The lowest BCUT2D eigenvalue weighted by Crippen LogP contribution is -2.17. The SMILES string of the molecule is Cc1ccc(Br)cc1C(F)(F)C1CC1. The number of aryl methyl sites for hydroxylation is 1. The van der Waals surface area contributed by atoms with Crippen molar-refractivity contribution >= 4 is 15.9 Å². The molecule has 0 aromatic heterocycles. The van der Waals surface area contributed by atoms with E-state index < -0.39 is 11.8 Å². The van der Waals surface area contributed by atoms with E-state index in [-0.39, 0.29) is 5.56 Å². The molecule has 0 heterocycles. The van der Waals surface area contributed by atoms with Crippen molar-refractivity contribution in [1.82, 2.24) is 0 Å². The Labute approximate surface area is 90.4 Å². The van der Waals surface area contributed by atoms with Gasteiger partial charge in [0.25, 0.3) is 5.92 Å². The van der Waals surface area contributed by atoms with Crippen molar-refractivity contribution in [2.75, 3.05) is 0 Å². The van der Waals surface area contributed by atoms with Gasteiger partial charge in [-0.05, 0) is 37.5 Å². The molecule has 3 heteroatoms. The highest BCUT2D eigenvalue weighted by Crippen LogP contribution is 2.50. The van der Waals surface area contributed by atoms with E-state index in [0.29, 0.717) is 18.4 Å². The molecule has 1 fully saturated rings. The Hall–Kier alpha value is -0.440. The Balaban J connectivity index is 2.43. The van der Waals surface area contributed by atoms with Crippen LogP contribution in [0.1, 0.15) is 24.0 Å². The summed E-state index contributed by atoms with van der Waals surface area (Å²) in [6, 6.07) is 5.06. The van der Waals surface area contributed by atoms with E-state index in [1.165, 1.54) is 6.07 Å². The maximum atomic E-state index is 13.8. The summed E-state index contributed by atoms with van der Waals surface area (Å²) in [7, 11) is 0.